The van der Waals surface area contributed by atoms with Crippen molar-refractivity contribution in [3.8, 4) is 17.1 Å². The number of benzene rings is 2. The molecule has 1 N–H and O–H groups in total. The van der Waals surface area contributed by atoms with Gasteiger partial charge in [-0.05, 0) is 52.3 Å². The molecule has 6 heteroatoms. The van der Waals surface area contributed by atoms with Gasteiger partial charge in [0.05, 0.1) is 5.39 Å². The van der Waals surface area contributed by atoms with E-state index in [1.54, 1.807) is 12.1 Å². The Morgan fingerprint density at radius 1 is 1.10 bits per heavy atom. The molecule has 0 unspecified atom stereocenters. The largest absolute Gasteiger partial charge is 0.502 e. The summed E-state index contributed by atoms with van der Waals surface area (Å²) in [6, 6.07) is 8.66. The van der Waals surface area contributed by atoms with Gasteiger partial charge < -0.3 is 9.52 Å². The van der Waals surface area contributed by atoms with Crippen molar-refractivity contribution in [3.63, 3.8) is 0 Å². The Morgan fingerprint density at radius 2 is 1.76 bits per heavy atom. The van der Waals surface area contributed by atoms with Crippen LogP contribution in [0.4, 0.5) is 4.39 Å². The van der Waals surface area contributed by atoms with Gasteiger partial charge in [-0.1, -0.05) is 15.9 Å². The summed E-state index contributed by atoms with van der Waals surface area (Å²) in [4.78, 5) is 12.3. The second-order valence-electron chi connectivity index (χ2n) is 4.38. The summed E-state index contributed by atoms with van der Waals surface area (Å²) < 4.78 is 19.8. The van der Waals surface area contributed by atoms with Gasteiger partial charge in [-0.15, -0.1) is 0 Å². The normalized spacial score (nSPS) is 11.0. The lowest BCUT2D eigenvalue weighted by Gasteiger charge is -2.07. The summed E-state index contributed by atoms with van der Waals surface area (Å²) in [5.41, 5.74) is 0.192. The molecule has 0 aliphatic carbocycles. The molecule has 1 aromatic heterocycles. The zero-order chi connectivity index (χ0) is 15.1. The fraction of sp³-hybridized carbons (Fsp3) is 0. The molecule has 3 aromatic rings. The van der Waals surface area contributed by atoms with Gasteiger partial charge >= 0.3 is 0 Å². The molecule has 0 aliphatic heterocycles. The van der Waals surface area contributed by atoms with Crippen LogP contribution in [0.5, 0.6) is 5.75 Å². The Bertz CT molecular complexity index is 901. The van der Waals surface area contributed by atoms with Crippen molar-refractivity contribution in [1.29, 1.82) is 0 Å². The molecule has 0 atom stereocenters. The van der Waals surface area contributed by atoms with Gasteiger partial charge in [0, 0.05) is 14.5 Å². The first-order chi connectivity index (χ1) is 9.97. The first-order valence-electron chi connectivity index (χ1n) is 5.88. The van der Waals surface area contributed by atoms with Crippen LogP contribution in [-0.2, 0) is 0 Å². The van der Waals surface area contributed by atoms with Crippen molar-refractivity contribution >= 4 is 42.8 Å². The van der Waals surface area contributed by atoms with Crippen molar-refractivity contribution in [3.05, 3.63) is 61.4 Å². The van der Waals surface area contributed by atoms with E-state index >= 15 is 0 Å². The smallest absolute Gasteiger partial charge is 0.236 e. The van der Waals surface area contributed by atoms with Crippen molar-refractivity contribution in [2.45, 2.75) is 0 Å². The van der Waals surface area contributed by atoms with Crippen LogP contribution >= 0.6 is 31.9 Å². The molecule has 21 heavy (non-hydrogen) atoms. The van der Waals surface area contributed by atoms with Crippen molar-refractivity contribution < 1.29 is 13.9 Å². The summed E-state index contributed by atoms with van der Waals surface area (Å²) in [6.07, 6.45) is 0. The highest BCUT2D eigenvalue weighted by atomic mass is 79.9. The first-order valence-corrected chi connectivity index (χ1v) is 7.46. The fourth-order valence-electron chi connectivity index (χ4n) is 2.03. The molecule has 1 heterocycles. The van der Waals surface area contributed by atoms with E-state index in [2.05, 4.69) is 31.9 Å². The van der Waals surface area contributed by atoms with Crippen molar-refractivity contribution in [2.24, 2.45) is 0 Å². The van der Waals surface area contributed by atoms with E-state index in [0.717, 1.165) is 4.47 Å². The van der Waals surface area contributed by atoms with E-state index in [9.17, 15) is 14.3 Å². The molecule has 3 nitrogen and oxygen atoms in total. The second kappa shape index (κ2) is 5.27. The van der Waals surface area contributed by atoms with Crippen LogP contribution in [0.15, 0.2) is 54.6 Å². The molecule has 0 radical (unpaired) electrons. The zero-order valence-corrected chi connectivity index (χ0v) is 13.5. The van der Waals surface area contributed by atoms with Crippen LogP contribution in [-0.4, -0.2) is 5.11 Å². The highest BCUT2D eigenvalue weighted by Gasteiger charge is 2.17. The molecule has 0 saturated carbocycles. The van der Waals surface area contributed by atoms with Gasteiger partial charge in [0.25, 0.3) is 0 Å². The van der Waals surface area contributed by atoms with Crippen LogP contribution in [0.2, 0.25) is 0 Å². The molecule has 0 amide bonds. The number of halogens is 3. The Morgan fingerprint density at radius 3 is 2.43 bits per heavy atom. The highest BCUT2D eigenvalue weighted by molar-refractivity contribution is 9.11. The topological polar surface area (TPSA) is 50.4 Å². The number of rotatable bonds is 1. The minimum absolute atomic E-state index is 0.0116. The minimum atomic E-state index is -0.546. The maximum absolute atomic E-state index is 13.0. The molecule has 0 aliphatic rings. The average molecular weight is 414 g/mol. The quantitative estimate of drug-likeness (QED) is 0.621. The van der Waals surface area contributed by atoms with Gasteiger partial charge in [-0.25, -0.2) is 4.39 Å². The third kappa shape index (κ3) is 2.49. The van der Waals surface area contributed by atoms with E-state index in [-0.39, 0.29) is 11.1 Å². The monoisotopic (exact) mass is 412 g/mol. The maximum Gasteiger partial charge on any atom is 0.236 e. The van der Waals surface area contributed by atoms with Gasteiger partial charge in [0.2, 0.25) is 11.2 Å². The highest BCUT2D eigenvalue weighted by Crippen LogP contribution is 2.34. The van der Waals surface area contributed by atoms with Gasteiger partial charge in [0.15, 0.2) is 5.76 Å². The maximum atomic E-state index is 13.0. The van der Waals surface area contributed by atoms with E-state index in [1.165, 1.54) is 24.3 Å². The Hall–Kier alpha value is -1.66. The van der Waals surface area contributed by atoms with Crippen molar-refractivity contribution in [1.82, 2.24) is 0 Å². The third-order valence-electron chi connectivity index (χ3n) is 2.99. The van der Waals surface area contributed by atoms with Gasteiger partial charge in [0.1, 0.15) is 11.4 Å². The summed E-state index contributed by atoms with van der Waals surface area (Å²) in [5.74, 6) is -0.901. The molecular formula is C15H7Br2FO3. The molecule has 0 bridgehead atoms. The third-order valence-corrected chi connectivity index (χ3v) is 4.08. The molecule has 2 aromatic carbocycles. The van der Waals surface area contributed by atoms with Crippen LogP contribution in [0, 0.1) is 5.82 Å². The SMILES string of the molecule is O=c1c(O)c(-c2ccc(F)cc2)oc2cc(Br)cc(Br)c12. The second-order valence-corrected chi connectivity index (χ2v) is 6.15. The summed E-state index contributed by atoms with van der Waals surface area (Å²) in [7, 11) is 0. The Kier molecular flexibility index (Phi) is 3.59. The lowest BCUT2D eigenvalue weighted by Crippen LogP contribution is -2.03. The summed E-state index contributed by atoms with van der Waals surface area (Å²) >= 11 is 6.58. The first kappa shape index (κ1) is 14.3. The molecule has 0 fully saturated rings. The summed E-state index contributed by atoms with van der Waals surface area (Å²) in [5, 5.41) is 10.3. The van der Waals surface area contributed by atoms with E-state index in [1.807, 2.05) is 0 Å². The average Bonchev–Trinajstić information content (AvgIpc) is 2.43. The van der Waals surface area contributed by atoms with E-state index in [0.29, 0.717) is 15.6 Å². The van der Waals surface area contributed by atoms with Crippen LogP contribution < -0.4 is 5.43 Å². The predicted octanol–water partition coefficient (Wildman–Crippen LogP) is 4.83. The molecule has 0 spiro atoms. The van der Waals surface area contributed by atoms with E-state index in [4.69, 9.17) is 4.42 Å². The van der Waals surface area contributed by atoms with Crippen LogP contribution in [0.25, 0.3) is 22.3 Å². The standard InChI is InChI=1S/C15H7Br2FO3/c16-8-5-10(17)12-11(6-8)21-15(14(20)13(12)19)7-1-3-9(18)4-2-7/h1-6,20H. The summed E-state index contributed by atoms with van der Waals surface area (Å²) in [6.45, 7) is 0. The van der Waals surface area contributed by atoms with Gasteiger partial charge in [-0.2, -0.15) is 0 Å². The minimum Gasteiger partial charge on any atom is -0.502 e. The molecular weight excluding hydrogens is 407 g/mol. The van der Waals surface area contributed by atoms with Crippen LogP contribution in [0.1, 0.15) is 0 Å². The van der Waals surface area contributed by atoms with Crippen LogP contribution in [0.3, 0.4) is 0 Å². The Labute approximate surface area is 135 Å². The molecule has 106 valence electrons. The molecule has 3 rings (SSSR count). The lowest BCUT2D eigenvalue weighted by atomic mass is 10.1. The van der Waals surface area contributed by atoms with Crippen molar-refractivity contribution in [2.75, 3.05) is 0 Å². The number of hydrogen-bond donors (Lipinski definition) is 1. The fourth-order valence-corrected chi connectivity index (χ4v) is 3.39. The lowest BCUT2D eigenvalue weighted by molar-refractivity contribution is 0.449. The molecule has 0 saturated heterocycles. The Balaban J connectivity index is 2.37. The number of hydrogen-bond acceptors (Lipinski definition) is 3. The number of fused-ring (bicyclic) bond motifs is 1. The van der Waals surface area contributed by atoms with E-state index < -0.39 is 17.0 Å². The zero-order valence-electron chi connectivity index (χ0n) is 10.4. The van der Waals surface area contributed by atoms with Gasteiger partial charge in [-0.3, -0.25) is 4.79 Å². The predicted molar refractivity (Wildman–Crippen MR) is 84.9 cm³/mol. The number of aromatic hydroxyl groups is 1.